The molecule has 5 nitrogen and oxygen atoms in total. The van der Waals surface area contributed by atoms with Crippen molar-refractivity contribution in [2.45, 2.75) is 25.8 Å². The zero-order valence-corrected chi connectivity index (χ0v) is 18.2. The summed E-state index contributed by atoms with van der Waals surface area (Å²) < 4.78 is 6.81. The molecule has 3 aromatic carbocycles. The van der Waals surface area contributed by atoms with Gasteiger partial charge in [0, 0.05) is 29.1 Å². The Morgan fingerprint density at radius 2 is 1.69 bits per heavy atom. The summed E-state index contributed by atoms with van der Waals surface area (Å²) in [6.45, 7) is 2.00. The van der Waals surface area contributed by atoms with Gasteiger partial charge in [-0.15, -0.1) is 0 Å². The minimum atomic E-state index is -0.196. The first-order valence-corrected chi connectivity index (χ1v) is 10.7. The summed E-state index contributed by atoms with van der Waals surface area (Å²) in [5.41, 5.74) is 2.18. The van der Waals surface area contributed by atoms with Crippen LogP contribution < -0.4 is 15.6 Å². The molecule has 5 heteroatoms. The van der Waals surface area contributed by atoms with E-state index in [-0.39, 0.29) is 17.5 Å². The van der Waals surface area contributed by atoms with Crippen molar-refractivity contribution < 1.29 is 9.53 Å². The number of carbonyl (C=O) groups excluding carboxylic acids is 1. The summed E-state index contributed by atoms with van der Waals surface area (Å²) in [5.74, 6) is 0.446. The van der Waals surface area contributed by atoms with Crippen LogP contribution in [0.3, 0.4) is 0 Å². The fourth-order valence-electron chi connectivity index (χ4n) is 3.83. The molecule has 0 aliphatic carbocycles. The number of pyridine rings is 1. The van der Waals surface area contributed by atoms with Gasteiger partial charge in [-0.3, -0.25) is 14.2 Å². The highest BCUT2D eigenvalue weighted by atomic mass is 16.5. The van der Waals surface area contributed by atoms with E-state index >= 15 is 0 Å². The fraction of sp³-hybridized carbons (Fsp3) is 0.185. The van der Waals surface area contributed by atoms with E-state index in [0.29, 0.717) is 27.8 Å². The third kappa shape index (κ3) is 4.57. The Kier molecular flexibility index (Phi) is 6.36. The van der Waals surface area contributed by atoms with Gasteiger partial charge < -0.3 is 10.1 Å². The second kappa shape index (κ2) is 9.52. The van der Waals surface area contributed by atoms with E-state index in [1.54, 1.807) is 25.4 Å². The number of ether oxygens (including phenoxy) is 1. The summed E-state index contributed by atoms with van der Waals surface area (Å²) in [5, 5.41) is 4.24. The molecule has 1 amide bonds. The lowest BCUT2D eigenvalue weighted by atomic mass is 10.0. The summed E-state index contributed by atoms with van der Waals surface area (Å²) in [6, 6.07) is 24.7. The monoisotopic (exact) mass is 426 g/mol. The summed E-state index contributed by atoms with van der Waals surface area (Å²) in [7, 11) is 1.58. The number of nitrogens with one attached hydrogen (secondary N) is 1. The van der Waals surface area contributed by atoms with Crippen molar-refractivity contribution in [3.63, 3.8) is 0 Å². The maximum atomic E-state index is 13.2. The van der Waals surface area contributed by atoms with Gasteiger partial charge in [-0.1, -0.05) is 54.6 Å². The maximum Gasteiger partial charge on any atom is 0.262 e. The first kappa shape index (κ1) is 21.4. The van der Waals surface area contributed by atoms with Crippen LogP contribution in [0, 0.1) is 0 Å². The van der Waals surface area contributed by atoms with E-state index in [0.717, 1.165) is 12.8 Å². The van der Waals surface area contributed by atoms with Crippen molar-refractivity contribution in [3.05, 3.63) is 107 Å². The molecular weight excluding hydrogens is 400 g/mol. The highest BCUT2D eigenvalue weighted by Crippen LogP contribution is 2.20. The normalized spacial score (nSPS) is 11.8. The zero-order chi connectivity index (χ0) is 22.5. The highest BCUT2D eigenvalue weighted by molar-refractivity contribution is 6.06. The van der Waals surface area contributed by atoms with Crippen LogP contribution in [0.5, 0.6) is 5.75 Å². The number of aromatic nitrogens is 1. The van der Waals surface area contributed by atoms with Gasteiger partial charge in [-0.25, -0.2) is 0 Å². The van der Waals surface area contributed by atoms with Crippen LogP contribution in [0.15, 0.2) is 89.9 Å². The first-order valence-electron chi connectivity index (χ1n) is 10.7. The summed E-state index contributed by atoms with van der Waals surface area (Å²) in [6.07, 6.45) is 3.33. The number of aryl methyl sites for hydroxylation is 1. The molecule has 0 saturated heterocycles. The van der Waals surface area contributed by atoms with E-state index in [1.165, 1.54) is 10.1 Å². The second-order valence-corrected chi connectivity index (χ2v) is 7.86. The molecule has 1 atom stereocenters. The lowest BCUT2D eigenvalue weighted by Gasteiger charge is -2.17. The number of hydrogen-bond donors (Lipinski definition) is 1. The Morgan fingerprint density at radius 1 is 0.969 bits per heavy atom. The largest absolute Gasteiger partial charge is 0.497 e. The van der Waals surface area contributed by atoms with Gasteiger partial charge in [0.05, 0.1) is 18.4 Å². The van der Waals surface area contributed by atoms with E-state index in [1.807, 2.05) is 61.5 Å². The molecule has 4 aromatic rings. The predicted molar refractivity (Wildman–Crippen MR) is 128 cm³/mol. The number of methoxy groups -OCH3 is 1. The Labute approximate surface area is 187 Å². The van der Waals surface area contributed by atoms with Gasteiger partial charge in [0.2, 0.25) is 0 Å². The molecule has 0 unspecified atom stereocenters. The van der Waals surface area contributed by atoms with Crippen molar-refractivity contribution in [3.8, 4) is 11.4 Å². The number of nitrogens with zero attached hydrogens (tertiary/aromatic N) is 1. The molecule has 162 valence electrons. The summed E-state index contributed by atoms with van der Waals surface area (Å²) >= 11 is 0. The molecule has 4 rings (SSSR count). The first-order chi connectivity index (χ1) is 15.6. The Morgan fingerprint density at radius 3 is 2.44 bits per heavy atom. The molecule has 0 bridgehead atoms. The highest BCUT2D eigenvalue weighted by Gasteiger charge is 2.17. The van der Waals surface area contributed by atoms with Gasteiger partial charge in [0.25, 0.3) is 11.5 Å². The average molecular weight is 427 g/mol. The molecule has 32 heavy (non-hydrogen) atoms. The van der Waals surface area contributed by atoms with Gasteiger partial charge in [-0.05, 0) is 43.5 Å². The molecule has 0 saturated carbocycles. The Bertz CT molecular complexity index is 1300. The molecule has 0 aliphatic rings. The molecule has 0 aliphatic heterocycles. The minimum Gasteiger partial charge on any atom is -0.497 e. The van der Waals surface area contributed by atoms with Crippen LogP contribution in [0.1, 0.15) is 29.3 Å². The van der Waals surface area contributed by atoms with Crippen LogP contribution in [0.25, 0.3) is 16.5 Å². The number of amides is 1. The second-order valence-electron chi connectivity index (χ2n) is 7.86. The molecule has 1 heterocycles. The maximum absolute atomic E-state index is 13.2. The van der Waals surface area contributed by atoms with Gasteiger partial charge in [0.1, 0.15) is 5.75 Å². The molecule has 1 N–H and O–H groups in total. The van der Waals surface area contributed by atoms with E-state index in [2.05, 4.69) is 17.4 Å². The zero-order valence-electron chi connectivity index (χ0n) is 18.2. The van der Waals surface area contributed by atoms with E-state index in [9.17, 15) is 9.59 Å². The topological polar surface area (TPSA) is 60.3 Å². The smallest absolute Gasteiger partial charge is 0.262 e. The lowest BCUT2D eigenvalue weighted by Crippen LogP contribution is -2.34. The van der Waals surface area contributed by atoms with Crippen molar-refractivity contribution in [2.24, 2.45) is 0 Å². The van der Waals surface area contributed by atoms with Crippen molar-refractivity contribution >= 4 is 16.7 Å². The Hall–Kier alpha value is -3.86. The van der Waals surface area contributed by atoms with Gasteiger partial charge in [-0.2, -0.15) is 0 Å². The van der Waals surface area contributed by atoms with E-state index < -0.39 is 0 Å². The summed E-state index contributed by atoms with van der Waals surface area (Å²) in [4.78, 5) is 26.4. The SMILES string of the molecule is COc1cccc(-n2cc(C(=O)N[C@@H](C)CCc3ccccc3)c3ccccc3c2=O)c1. The van der Waals surface area contributed by atoms with Gasteiger partial charge >= 0.3 is 0 Å². The predicted octanol–water partition coefficient (Wildman–Crippen LogP) is 4.75. The van der Waals surface area contributed by atoms with Crippen molar-refractivity contribution in [1.29, 1.82) is 0 Å². The minimum absolute atomic E-state index is 0.0151. The third-order valence-corrected chi connectivity index (χ3v) is 5.59. The van der Waals surface area contributed by atoms with Crippen LogP contribution in [0.2, 0.25) is 0 Å². The Balaban J connectivity index is 1.66. The average Bonchev–Trinajstić information content (AvgIpc) is 2.83. The number of benzene rings is 3. The number of carbonyl (C=O) groups is 1. The standard InChI is InChI=1S/C27H26N2O3/c1-19(15-16-20-9-4-3-5-10-20)28-26(30)25-18-29(21-11-8-12-22(17-21)32-2)27(31)24-14-7-6-13-23(24)25/h3-14,17-19H,15-16H2,1-2H3,(H,28,30)/t19-/m0/s1. The fourth-order valence-corrected chi connectivity index (χ4v) is 3.83. The van der Waals surface area contributed by atoms with Crippen LogP contribution in [-0.2, 0) is 6.42 Å². The van der Waals surface area contributed by atoms with Crippen LogP contribution in [0.4, 0.5) is 0 Å². The lowest BCUT2D eigenvalue weighted by molar-refractivity contribution is 0.0939. The molecule has 0 spiro atoms. The molecule has 1 aromatic heterocycles. The molecule has 0 radical (unpaired) electrons. The van der Waals surface area contributed by atoms with Crippen LogP contribution >= 0.6 is 0 Å². The number of rotatable bonds is 7. The number of fused-ring (bicyclic) bond motifs is 1. The third-order valence-electron chi connectivity index (χ3n) is 5.59. The van der Waals surface area contributed by atoms with Crippen molar-refractivity contribution in [1.82, 2.24) is 9.88 Å². The van der Waals surface area contributed by atoms with Gasteiger partial charge in [0.15, 0.2) is 0 Å². The van der Waals surface area contributed by atoms with Crippen LogP contribution in [-0.4, -0.2) is 23.6 Å². The molecular formula is C27H26N2O3. The van der Waals surface area contributed by atoms with Crippen molar-refractivity contribution in [2.75, 3.05) is 7.11 Å². The number of hydrogen-bond acceptors (Lipinski definition) is 3. The van der Waals surface area contributed by atoms with E-state index in [4.69, 9.17) is 4.74 Å². The quantitative estimate of drug-likeness (QED) is 0.464. The molecule has 0 fully saturated rings.